The van der Waals surface area contributed by atoms with Crippen molar-refractivity contribution >= 4 is 39.2 Å². The van der Waals surface area contributed by atoms with Crippen LogP contribution >= 0.6 is 23.2 Å². The fraction of sp³-hybridized carbons (Fsp3) is 0.360. The van der Waals surface area contributed by atoms with Crippen molar-refractivity contribution in [2.45, 2.75) is 38.3 Å². The summed E-state index contributed by atoms with van der Waals surface area (Å²) in [6.45, 7) is 3.89. The first-order valence-electron chi connectivity index (χ1n) is 11.3. The molecule has 1 saturated heterocycles. The lowest BCUT2D eigenvalue weighted by atomic mass is 9.78. The van der Waals surface area contributed by atoms with Crippen LogP contribution in [0.3, 0.4) is 0 Å². The Kier molecular flexibility index (Phi) is 7.67. The highest BCUT2D eigenvalue weighted by Gasteiger charge is 2.43. The fourth-order valence-electron chi connectivity index (χ4n) is 4.04. The van der Waals surface area contributed by atoms with Crippen LogP contribution in [0.4, 0.5) is 14.7 Å². The van der Waals surface area contributed by atoms with E-state index in [4.69, 9.17) is 27.9 Å². The zero-order valence-corrected chi connectivity index (χ0v) is 22.8. The van der Waals surface area contributed by atoms with E-state index in [1.807, 2.05) is 50.2 Å². The molecule has 0 bridgehead atoms. The molecule has 4 rings (SSSR count). The van der Waals surface area contributed by atoms with Crippen molar-refractivity contribution < 1.29 is 21.9 Å². The normalized spacial score (nSPS) is 15.8. The molecule has 1 fully saturated rings. The molecular formula is C25H26Cl2F2N4O3S. The van der Waals surface area contributed by atoms with E-state index in [2.05, 4.69) is 14.7 Å². The van der Waals surface area contributed by atoms with Gasteiger partial charge < -0.3 is 4.74 Å². The summed E-state index contributed by atoms with van der Waals surface area (Å²) in [5.41, 5.74) is 2.58. The summed E-state index contributed by atoms with van der Waals surface area (Å²) >= 11 is 13.1. The summed E-state index contributed by atoms with van der Waals surface area (Å²) in [5, 5.41) is 0.889. The molecule has 2 heterocycles. The van der Waals surface area contributed by atoms with Gasteiger partial charge in [0.2, 0.25) is 16.0 Å². The molecule has 0 spiro atoms. The Labute approximate surface area is 224 Å². The number of halogens is 4. The van der Waals surface area contributed by atoms with Gasteiger partial charge in [-0.3, -0.25) is 9.62 Å². The van der Waals surface area contributed by atoms with Crippen LogP contribution in [-0.2, 0) is 28.6 Å². The summed E-state index contributed by atoms with van der Waals surface area (Å²) < 4.78 is 57.2. The standard InChI is InChI=1S/C25H26Cl2F2N4O3S/c1-24(2,17-10-21(26)20(22(27)11-17)12-33-14-25(28,29)15-33)16-4-6-19(7-5-16)36-13-18-8-9-30-23(31-18)32-37(3,34)35/h4-11H,12-15H2,1-3H3,(H,30,31,32). The van der Waals surface area contributed by atoms with Crippen molar-refractivity contribution in [1.29, 1.82) is 0 Å². The Hall–Kier alpha value is -2.53. The molecule has 0 atom stereocenters. The van der Waals surface area contributed by atoms with Gasteiger partial charge in [-0.1, -0.05) is 49.2 Å². The van der Waals surface area contributed by atoms with E-state index in [9.17, 15) is 17.2 Å². The largest absolute Gasteiger partial charge is 0.487 e. The smallest absolute Gasteiger partial charge is 0.272 e. The Bertz CT molecular complexity index is 1370. The molecule has 12 heteroatoms. The molecule has 2 aromatic carbocycles. The maximum atomic E-state index is 13.2. The molecule has 0 saturated carbocycles. The Morgan fingerprint density at radius 3 is 2.27 bits per heavy atom. The third-order valence-electron chi connectivity index (χ3n) is 6.11. The summed E-state index contributed by atoms with van der Waals surface area (Å²) in [7, 11) is -3.48. The Morgan fingerprint density at radius 2 is 1.70 bits per heavy atom. The molecule has 0 unspecified atom stereocenters. The van der Waals surface area contributed by atoms with Crippen LogP contribution in [0.1, 0.15) is 36.2 Å². The van der Waals surface area contributed by atoms with E-state index < -0.39 is 21.4 Å². The number of hydrogen-bond donors (Lipinski definition) is 1. The van der Waals surface area contributed by atoms with Crippen molar-refractivity contribution in [2.24, 2.45) is 0 Å². The average Bonchev–Trinajstić information content (AvgIpc) is 2.78. The minimum atomic E-state index is -3.48. The molecule has 0 radical (unpaired) electrons. The van der Waals surface area contributed by atoms with Gasteiger partial charge in [-0.25, -0.2) is 27.2 Å². The van der Waals surface area contributed by atoms with Crippen LogP contribution in [0.25, 0.3) is 0 Å². The maximum Gasteiger partial charge on any atom is 0.272 e. The number of rotatable bonds is 9. The van der Waals surface area contributed by atoms with Gasteiger partial charge in [0.25, 0.3) is 5.92 Å². The summed E-state index contributed by atoms with van der Waals surface area (Å²) in [6.07, 6.45) is 2.47. The molecule has 0 amide bonds. The van der Waals surface area contributed by atoms with Crippen LogP contribution in [-0.4, -0.2) is 48.6 Å². The molecule has 1 aliphatic heterocycles. The summed E-state index contributed by atoms with van der Waals surface area (Å²) in [5.74, 6) is -2.07. The van der Waals surface area contributed by atoms with Gasteiger partial charge in [0.1, 0.15) is 12.4 Å². The number of likely N-dealkylation sites (tertiary alicyclic amines) is 1. The van der Waals surface area contributed by atoms with Gasteiger partial charge in [-0.05, 0) is 41.5 Å². The molecular weight excluding hydrogens is 545 g/mol. The third kappa shape index (κ3) is 6.87. The highest BCUT2D eigenvalue weighted by Crippen LogP contribution is 2.39. The number of aromatic nitrogens is 2. The number of sulfonamides is 1. The molecule has 3 aromatic rings. The van der Waals surface area contributed by atoms with E-state index in [1.165, 1.54) is 6.20 Å². The second kappa shape index (κ2) is 10.3. The number of anilines is 1. The molecule has 0 aliphatic carbocycles. The van der Waals surface area contributed by atoms with Crippen molar-refractivity contribution in [2.75, 3.05) is 24.1 Å². The van der Waals surface area contributed by atoms with E-state index in [0.29, 0.717) is 27.1 Å². The number of hydrogen-bond acceptors (Lipinski definition) is 6. The van der Waals surface area contributed by atoms with Crippen LogP contribution < -0.4 is 9.46 Å². The topological polar surface area (TPSA) is 84.4 Å². The van der Waals surface area contributed by atoms with Crippen LogP contribution in [0, 0.1) is 0 Å². The molecule has 7 nitrogen and oxygen atoms in total. The second-order valence-electron chi connectivity index (χ2n) is 9.60. The van der Waals surface area contributed by atoms with Gasteiger partial charge in [0.05, 0.1) is 25.0 Å². The van der Waals surface area contributed by atoms with Gasteiger partial charge in [0.15, 0.2) is 0 Å². The van der Waals surface area contributed by atoms with Crippen molar-refractivity contribution in [1.82, 2.24) is 14.9 Å². The average molecular weight is 571 g/mol. The quantitative estimate of drug-likeness (QED) is 0.365. The molecule has 1 N–H and O–H groups in total. The predicted octanol–water partition coefficient (Wildman–Crippen LogP) is 5.51. The predicted molar refractivity (Wildman–Crippen MR) is 140 cm³/mol. The van der Waals surface area contributed by atoms with Gasteiger partial charge in [-0.15, -0.1) is 0 Å². The first-order chi connectivity index (χ1) is 17.2. The van der Waals surface area contributed by atoms with Crippen LogP contribution in [0.2, 0.25) is 10.0 Å². The van der Waals surface area contributed by atoms with Crippen LogP contribution in [0.5, 0.6) is 5.75 Å². The minimum absolute atomic E-state index is 0.0214. The van der Waals surface area contributed by atoms with Crippen molar-refractivity contribution in [3.8, 4) is 5.75 Å². The van der Waals surface area contributed by atoms with Crippen molar-refractivity contribution in [3.63, 3.8) is 0 Å². The third-order valence-corrected chi connectivity index (χ3v) is 7.33. The molecule has 198 valence electrons. The van der Waals surface area contributed by atoms with Crippen LogP contribution in [0.15, 0.2) is 48.7 Å². The molecule has 1 aromatic heterocycles. The molecule has 37 heavy (non-hydrogen) atoms. The number of benzene rings is 2. The van der Waals surface area contributed by atoms with E-state index in [1.54, 1.807) is 11.0 Å². The zero-order valence-electron chi connectivity index (χ0n) is 20.4. The first-order valence-corrected chi connectivity index (χ1v) is 14.0. The second-order valence-corrected chi connectivity index (χ2v) is 12.2. The minimum Gasteiger partial charge on any atom is -0.487 e. The maximum absolute atomic E-state index is 13.2. The van der Waals surface area contributed by atoms with Gasteiger partial charge in [0, 0.05) is 33.8 Å². The SMILES string of the molecule is CC(C)(c1ccc(OCc2ccnc(NS(C)(=O)=O)n2)cc1)c1cc(Cl)c(CN2CC(F)(F)C2)c(Cl)c1. The van der Waals surface area contributed by atoms with E-state index in [0.717, 1.165) is 17.4 Å². The van der Waals surface area contributed by atoms with E-state index in [-0.39, 0.29) is 32.2 Å². The number of alkyl halides is 2. The van der Waals surface area contributed by atoms with Gasteiger partial charge >= 0.3 is 0 Å². The fourth-order valence-corrected chi connectivity index (χ4v) is 5.08. The highest BCUT2D eigenvalue weighted by atomic mass is 35.5. The lowest BCUT2D eigenvalue weighted by molar-refractivity contribution is -0.133. The number of nitrogens with zero attached hydrogens (tertiary/aromatic N) is 3. The van der Waals surface area contributed by atoms with Crippen molar-refractivity contribution in [3.05, 3.63) is 81.1 Å². The molecule has 1 aliphatic rings. The monoisotopic (exact) mass is 570 g/mol. The first kappa shape index (κ1) is 27.5. The number of ether oxygens (including phenoxy) is 1. The zero-order chi connectivity index (χ0) is 27.0. The lowest BCUT2D eigenvalue weighted by Gasteiger charge is -2.39. The van der Waals surface area contributed by atoms with Gasteiger partial charge in [-0.2, -0.15) is 0 Å². The number of nitrogens with one attached hydrogen (secondary N) is 1. The summed E-state index contributed by atoms with van der Waals surface area (Å²) in [4.78, 5) is 9.63. The lowest BCUT2D eigenvalue weighted by Crippen LogP contribution is -2.55. The Morgan fingerprint density at radius 1 is 1.08 bits per heavy atom. The van der Waals surface area contributed by atoms with E-state index >= 15 is 0 Å². The Balaban J connectivity index is 1.43. The highest BCUT2D eigenvalue weighted by molar-refractivity contribution is 7.91. The summed E-state index contributed by atoms with van der Waals surface area (Å²) in [6, 6.07) is 12.8.